The van der Waals surface area contributed by atoms with Gasteiger partial charge in [0.2, 0.25) is 29.4 Å². The van der Waals surface area contributed by atoms with E-state index in [2.05, 4.69) is 0 Å². The molecule has 2 aliphatic carbocycles. The number of carbonyl (C=O) groups excluding carboxylic acids is 4. The van der Waals surface area contributed by atoms with Gasteiger partial charge in [0.1, 0.15) is 0 Å². The predicted molar refractivity (Wildman–Crippen MR) is 199 cm³/mol. The third kappa shape index (κ3) is 5.50. The molecule has 3 aromatic carbocycles. The van der Waals surface area contributed by atoms with E-state index in [9.17, 15) is 44.5 Å². The Balaban J connectivity index is 1.35. The van der Waals surface area contributed by atoms with Crippen molar-refractivity contribution in [3.8, 4) is 17.2 Å². The van der Waals surface area contributed by atoms with Crippen molar-refractivity contribution < 1.29 is 43.6 Å². The van der Waals surface area contributed by atoms with Gasteiger partial charge in [-0.3, -0.25) is 39.4 Å². The molecule has 4 amide bonds. The molecular formula is C39H37N5O11. The summed E-state index contributed by atoms with van der Waals surface area (Å²) in [5, 5.41) is 34.8. The number of para-hydroxylation sites is 1. The highest BCUT2D eigenvalue weighted by atomic mass is 16.6. The van der Waals surface area contributed by atoms with Crippen LogP contribution in [0.1, 0.15) is 25.3 Å². The highest BCUT2D eigenvalue weighted by Gasteiger charge is 2.67. The van der Waals surface area contributed by atoms with E-state index in [4.69, 9.17) is 9.47 Å². The van der Waals surface area contributed by atoms with Gasteiger partial charge in [-0.1, -0.05) is 42.0 Å². The van der Waals surface area contributed by atoms with Crippen LogP contribution in [0.25, 0.3) is 6.08 Å². The van der Waals surface area contributed by atoms with E-state index in [1.807, 2.05) is 6.08 Å². The molecule has 2 aliphatic heterocycles. The predicted octanol–water partition coefficient (Wildman–Crippen LogP) is 5.27. The summed E-state index contributed by atoms with van der Waals surface area (Å²) < 4.78 is 10.7. The Kier molecular flexibility index (Phi) is 8.94. The normalized spacial score (nSPS) is 25.8. The van der Waals surface area contributed by atoms with Gasteiger partial charge < -0.3 is 19.5 Å². The first-order chi connectivity index (χ1) is 26.1. The maximum absolute atomic E-state index is 14.6. The van der Waals surface area contributed by atoms with Gasteiger partial charge in [0.05, 0.1) is 58.6 Å². The first-order valence-electron chi connectivity index (χ1n) is 17.4. The molecule has 1 saturated carbocycles. The van der Waals surface area contributed by atoms with Crippen molar-refractivity contribution in [1.29, 1.82) is 0 Å². The van der Waals surface area contributed by atoms with E-state index < -0.39 is 79.9 Å². The van der Waals surface area contributed by atoms with Crippen molar-refractivity contribution in [1.82, 2.24) is 0 Å². The second-order valence-electron chi connectivity index (χ2n) is 14.4. The number of aromatic hydroxyl groups is 1. The summed E-state index contributed by atoms with van der Waals surface area (Å²) in [5.74, 6) is -6.53. The van der Waals surface area contributed by atoms with Crippen molar-refractivity contribution in [2.24, 2.45) is 35.0 Å². The van der Waals surface area contributed by atoms with Crippen molar-refractivity contribution >= 4 is 58.1 Å². The third-order valence-corrected chi connectivity index (χ3v) is 11.5. The van der Waals surface area contributed by atoms with Gasteiger partial charge >= 0.3 is 11.4 Å². The molecule has 4 aliphatic rings. The lowest BCUT2D eigenvalue weighted by atomic mass is 9.52. The minimum Gasteiger partial charge on any atom is -0.502 e. The summed E-state index contributed by atoms with van der Waals surface area (Å²) in [5.41, 5.74) is -1.61. The average molecular weight is 752 g/mol. The molecule has 3 aromatic rings. The van der Waals surface area contributed by atoms with E-state index in [1.165, 1.54) is 38.1 Å². The van der Waals surface area contributed by atoms with Gasteiger partial charge in [-0.05, 0) is 55.5 Å². The number of methoxy groups -OCH3 is 2. The number of hydrogen-bond donors (Lipinski definition) is 1. The van der Waals surface area contributed by atoms with Crippen molar-refractivity contribution in [2.75, 3.05) is 43.0 Å². The summed E-state index contributed by atoms with van der Waals surface area (Å²) in [7, 11) is 5.60. The number of ether oxygens (including phenoxy) is 2. The number of nitrogens with zero attached hydrogens (tertiary/aromatic N) is 5. The van der Waals surface area contributed by atoms with Crippen LogP contribution in [-0.2, 0) is 19.2 Å². The molecule has 0 spiro atoms. The smallest absolute Gasteiger partial charge is 0.301 e. The maximum Gasteiger partial charge on any atom is 0.301 e. The number of nitro benzene ring substituents is 2. The van der Waals surface area contributed by atoms with E-state index in [0.29, 0.717) is 16.8 Å². The summed E-state index contributed by atoms with van der Waals surface area (Å²) in [6, 6.07) is 13.7. The van der Waals surface area contributed by atoms with Crippen molar-refractivity contribution in [2.45, 2.75) is 19.8 Å². The van der Waals surface area contributed by atoms with Crippen LogP contribution in [-0.4, -0.2) is 66.9 Å². The average Bonchev–Trinajstić information content (AvgIpc) is 3.53. The minimum absolute atomic E-state index is 0.0509. The number of rotatable bonds is 9. The Morgan fingerprint density at radius 1 is 0.855 bits per heavy atom. The topological polar surface area (TPSA) is 203 Å². The first-order valence-corrected chi connectivity index (χ1v) is 17.4. The summed E-state index contributed by atoms with van der Waals surface area (Å²) in [6.45, 7) is 1.73. The number of fused-ring (bicyclic) bond motifs is 4. The summed E-state index contributed by atoms with van der Waals surface area (Å²) in [4.78, 5) is 83.5. The Morgan fingerprint density at radius 2 is 1.45 bits per heavy atom. The molecule has 284 valence electrons. The van der Waals surface area contributed by atoms with Crippen LogP contribution in [0, 0.1) is 55.2 Å². The van der Waals surface area contributed by atoms with E-state index in [-0.39, 0.29) is 41.5 Å². The maximum atomic E-state index is 14.6. The number of carbonyl (C=O) groups is 4. The molecule has 2 heterocycles. The van der Waals surface area contributed by atoms with Crippen LogP contribution in [0.5, 0.6) is 17.2 Å². The molecular weight excluding hydrogens is 714 g/mol. The number of amides is 4. The van der Waals surface area contributed by atoms with Crippen LogP contribution >= 0.6 is 0 Å². The van der Waals surface area contributed by atoms with Crippen LogP contribution < -0.4 is 24.2 Å². The molecule has 6 atom stereocenters. The second kappa shape index (κ2) is 13.4. The van der Waals surface area contributed by atoms with Crippen LogP contribution in [0.4, 0.5) is 28.4 Å². The zero-order valence-corrected chi connectivity index (χ0v) is 30.5. The third-order valence-electron chi connectivity index (χ3n) is 11.5. The van der Waals surface area contributed by atoms with Crippen molar-refractivity contribution in [3.05, 3.63) is 98.1 Å². The molecule has 0 aromatic heterocycles. The summed E-state index contributed by atoms with van der Waals surface area (Å²) >= 11 is 0. The quantitative estimate of drug-likeness (QED) is 0.129. The number of phenolic OH excluding ortho intramolecular Hbond substituents is 1. The molecule has 1 N–H and O–H groups in total. The Morgan fingerprint density at radius 3 is 2.00 bits per heavy atom. The molecule has 55 heavy (non-hydrogen) atoms. The second-order valence-corrected chi connectivity index (χ2v) is 14.4. The molecule has 16 nitrogen and oxygen atoms in total. The fourth-order valence-corrected chi connectivity index (χ4v) is 8.97. The Hall–Kier alpha value is -6.58. The van der Waals surface area contributed by atoms with Gasteiger partial charge in [-0.15, -0.1) is 0 Å². The lowest BCUT2D eigenvalue weighted by Crippen LogP contribution is -2.49. The zero-order valence-electron chi connectivity index (χ0n) is 30.5. The highest BCUT2D eigenvalue weighted by Crippen LogP contribution is 2.61. The van der Waals surface area contributed by atoms with Crippen molar-refractivity contribution in [3.63, 3.8) is 0 Å². The van der Waals surface area contributed by atoms with E-state index in [1.54, 1.807) is 61.5 Å². The molecule has 7 rings (SSSR count). The largest absolute Gasteiger partial charge is 0.502 e. The molecule has 16 heteroatoms. The van der Waals surface area contributed by atoms with Gasteiger partial charge in [0.25, 0.3) is 0 Å². The summed E-state index contributed by atoms with van der Waals surface area (Å²) in [6.07, 6.45) is 5.46. The molecule has 3 fully saturated rings. The lowest BCUT2D eigenvalue weighted by molar-refractivity contribution is -0.392. The fourth-order valence-electron chi connectivity index (χ4n) is 8.97. The lowest BCUT2D eigenvalue weighted by Gasteiger charge is -2.47. The minimum atomic E-state index is -1.32. The van der Waals surface area contributed by atoms with Crippen LogP contribution in [0.15, 0.2) is 72.3 Å². The van der Waals surface area contributed by atoms with Gasteiger partial charge in [-0.25, -0.2) is 9.80 Å². The zero-order chi connectivity index (χ0) is 39.7. The van der Waals surface area contributed by atoms with E-state index >= 15 is 0 Å². The SMILES string of the molecule is COc1cc(C=CC2C3=CCC4C(=O)N(c5cc([N+](=O)[O-])c(N(C)C)c([N+](=O)[O-])c5)C(=O)C4C3CC3C(=O)N(c4ccccc4)C(=O)C23C)cc(OC)c1O. The number of anilines is 3. The number of nitro groups is 2. The van der Waals surface area contributed by atoms with E-state index in [0.717, 1.165) is 17.0 Å². The number of hydrogen-bond acceptors (Lipinski definition) is 12. The molecule has 0 radical (unpaired) electrons. The monoisotopic (exact) mass is 751 g/mol. The molecule has 0 bridgehead atoms. The molecule has 6 unspecified atom stereocenters. The van der Waals surface area contributed by atoms with Gasteiger partial charge in [0, 0.05) is 32.1 Å². The molecule has 2 saturated heterocycles. The van der Waals surface area contributed by atoms with Crippen LogP contribution in [0.3, 0.4) is 0 Å². The number of benzene rings is 3. The highest BCUT2D eigenvalue weighted by molar-refractivity contribution is 6.25. The first kappa shape index (κ1) is 36.8. The van der Waals surface area contributed by atoms with Gasteiger partial charge in [-0.2, -0.15) is 0 Å². The van der Waals surface area contributed by atoms with Gasteiger partial charge in [0.15, 0.2) is 17.2 Å². The van der Waals surface area contributed by atoms with Crippen LogP contribution in [0.2, 0.25) is 0 Å². The number of allylic oxidation sites excluding steroid dienone is 3. The Bertz CT molecular complexity index is 2190. The number of phenols is 1. The fraction of sp³-hybridized carbons (Fsp3) is 0.333. The Labute approximate surface area is 314 Å². The standard InChI is InChI=1S/C39H37N5O11/c1-39-26(14-11-20-15-30(54-4)34(45)31(16-20)55-5)23-12-13-24-32(25(23)19-27(39)36(47)42(38(39)49)21-9-7-6-8-10-21)37(48)41(35(24)46)22-17-28(43(50)51)33(40(2)3)29(18-22)44(52)53/h6-12,14-18,24-27,32,45H,13,19H2,1-5H3. The number of imide groups is 2.